The molecular weight excluding hydrogens is 278 g/mol. The molecule has 2 heterocycles. The molecule has 2 aromatic rings. The van der Waals surface area contributed by atoms with E-state index in [4.69, 9.17) is 10.3 Å². The van der Waals surface area contributed by atoms with Gasteiger partial charge in [-0.2, -0.15) is 16.7 Å². The second kappa shape index (κ2) is 5.56. The van der Waals surface area contributed by atoms with Crippen LogP contribution >= 0.6 is 23.5 Å². The topological polar surface area (TPSA) is 64.9 Å². The Morgan fingerprint density at radius 1 is 1.32 bits per heavy atom. The van der Waals surface area contributed by atoms with E-state index in [0.29, 0.717) is 11.7 Å². The molecule has 1 aliphatic heterocycles. The zero-order valence-corrected chi connectivity index (χ0v) is 12.2. The highest BCUT2D eigenvalue weighted by Gasteiger charge is 2.30. The summed E-state index contributed by atoms with van der Waals surface area (Å²) in [5.41, 5.74) is 7.02. The van der Waals surface area contributed by atoms with E-state index in [1.807, 2.05) is 23.9 Å². The third-order valence-corrected chi connectivity index (χ3v) is 5.19. The van der Waals surface area contributed by atoms with Crippen molar-refractivity contribution in [2.24, 2.45) is 5.73 Å². The summed E-state index contributed by atoms with van der Waals surface area (Å²) in [5.74, 6) is 3.43. The van der Waals surface area contributed by atoms with Crippen molar-refractivity contribution in [3.05, 3.63) is 30.2 Å². The summed E-state index contributed by atoms with van der Waals surface area (Å²) < 4.78 is 5.37. The first-order valence-corrected chi connectivity index (χ1v) is 8.47. The van der Waals surface area contributed by atoms with Gasteiger partial charge in [-0.1, -0.05) is 5.16 Å². The van der Waals surface area contributed by atoms with Gasteiger partial charge in [-0.15, -0.1) is 11.8 Å². The Hall–Kier alpha value is -0.980. The molecule has 3 rings (SSSR count). The summed E-state index contributed by atoms with van der Waals surface area (Å²) >= 11 is 3.55. The predicted octanol–water partition coefficient (Wildman–Crippen LogP) is 2.62. The number of thioether (sulfide) groups is 2. The lowest BCUT2D eigenvalue weighted by atomic mass is 10.1. The van der Waals surface area contributed by atoms with Crippen LogP contribution in [0.5, 0.6) is 0 Å². The number of aromatic nitrogens is 2. The van der Waals surface area contributed by atoms with E-state index in [2.05, 4.69) is 28.5 Å². The van der Waals surface area contributed by atoms with Crippen molar-refractivity contribution in [3.63, 3.8) is 0 Å². The second-order valence-electron chi connectivity index (χ2n) is 4.49. The van der Waals surface area contributed by atoms with Crippen LogP contribution in [-0.4, -0.2) is 33.9 Å². The normalized spacial score (nSPS) is 22.8. The Morgan fingerprint density at radius 2 is 2.11 bits per heavy atom. The molecule has 6 heteroatoms. The minimum Gasteiger partial charge on any atom is -0.339 e. The number of nitrogens with zero attached hydrogens (tertiary/aromatic N) is 2. The summed E-state index contributed by atoms with van der Waals surface area (Å²) in [6.07, 6.45) is 2.06. The largest absolute Gasteiger partial charge is 0.339 e. The summed E-state index contributed by atoms with van der Waals surface area (Å²) in [7, 11) is 0. The summed E-state index contributed by atoms with van der Waals surface area (Å²) in [6, 6.07) is 8.28. The van der Waals surface area contributed by atoms with Gasteiger partial charge < -0.3 is 10.3 Å². The molecule has 19 heavy (non-hydrogen) atoms. The van der Waals surface area contributed by atoms with Crippen molar-refractivity contribution in [3.8, 4) is 11.4 Å². The molecule has 1 aliphatic rings. The van der Waals surface area contributed by atoms with Crippen LogP contribution in [-0.2, 0) is 0 Å². The molecule has 0 bridgehead atoms. The molecule has 0 spiro atoms. The molecule has 1 saturated heterocycles. The monoisotopic (exact) mass is 293 g/mol. The van der Waals surface area contributed by atoms with E-state index in [-0.39, 0.29) is 12.0 Å². The van der Waals surface area contributed by atoms with Crippen molar-refractivity contribution in [2.45, 2.75) is 16.9 Å². The van der Waals surface area contributed by atoms with Crippen LogP contribution in [0.4, 0.5) is 0 Å². The fraction of sp³-hybridized carbons (Fsp3) is 0.385. The summed E-state index contributed by atoms with van der Waals surface area (Å²) in [6.45, 7) is 0. The Balaban J connectivity index is 1.83. The van der Waals surface area contributed by atoms with E-state index in [0.717, 1.165) is 17.1 Å². The molecular formula is C13H15N3OS2. The van der Waals surface area contributed by atoms with Gasteiger partial charge in [0.15, 0.2) is 0 Å². The minimum absolute atomic E-state index is 0.122. The van der Waals surface area contributed by atoms with Gasteiger partial charge in [0.05, 0.1) is 5.92 Å². The molecule has 1 aromatic carbocycles. The average molecular weight is 293 g/mol. The number of rotatable bonds is 3. The maximum absolute atomic E-state index is 6.05. The molecule has 0 amide bonds. The van der Waals surface area contributed by atoms with E-state index in [1.165, 1.54) is 4.90 Å². The van der Waals surface area contributed by atoms with Crippen molar-refractivity contribution >= 4 is 23.5 Å². The first kappa shape index (κ1) is 13.0. The fourth-order valence-electron chi connectivity index (χ4n) is 2.07. The number of benzene rings is 1. The van der Waals surface area contributed by atoms with Gasteiger partial charge in [0.25, 0.3) is 0 Å². The smallest absolute Gasteiger partial charge is 0.232 e. The fourth-order valence-corrected chi connectivity index (χ4v) is 3.76. The molecule has 1 aromatic heterocycles. The Morgan fingerprint density at radius 3 is 2.74 bits per heavy atom. The SMILES string of the molecule is CSc1ccc(-c2noc(C3CSCC3N)n2)cc1. The van der Waals surface area contributed by atoms with Crippen LogP contribution < -0.4 is 5.73 Å². The maximum atomic E-state index is 6.05. The summed E-state index contributed by atoms with van der Waals surface area (Å²) in [4.78, 5) is 5.71. The number of nitrogens with two attached hydrogens (primary N) is 1. The zero-order valence-electron chi connectivity index (χ0n) is 10.6. The number of hydrogen-bond acceptors (Lipinski definition) is 6. The van der Waals surface area contributed by atoms with E-state index >= 15 is 0 Å². The molecule has 2 atom stereocenters. The van der Waals surface area contributed by atoms with Gasteiger partial charge in [-0.3, -0.25) is 0 Å². The third kappa shape index (κ3) is 2.66. The van der Waals surface area contributed by atoms with Gasteiger partial charge >= 0.3 is 0 Å². The highest BCUT2D eigenvalue weighted by atomic mass is 32.2. The van der Waals surface area contributed by atoms with Gasteiger partial charge in [-0.25, -0.2) is 0 Å². The molecule has 100 valence electrons. The van der Waals surface area contributed by atoms with Gasteiger partial charge in [0, 0.05) is 28.0 Å². The maximum Gasteiger partial charge on any atom is 0.232 e. The second-order valence-corrected chi connectivity index (χ2v) is 6.45. The Labute approximate surface area is 120 Å². The molecule has 0 radical (unpaired) electrons. The highest BCUT2D eigenvalue weighted by Crippen LogP contribution is 2.31. The van der Waals surface area contributed by atoms with Crippen LogP contribution in [0.1, 0.15) is 11.8 Å². The van der Waals surface area contributed by atoms with Crippen LogP contribution in [0.2, 0.25) is 0 Å². The highest BCUT2D eigenvalue weighted by molar-refractivity contribution is 7.99. The Bertz CT molecular complexity index is 555. The first-order valence-electron chi connectivity index (χ1n) is 6.09. The van der Waals surface area contributed by atoms with Crippen molar-refractivity contribution in [1.82, 2.24) is 10.1 Å². The van der Waals surface area contributed by atoms with Crippen LogP contribution in [0.25, 0.3) is 11.4 Å². The first-order chi connectivity index (χ1) is 9.28. The molecule has 0 saturated carbocycles. The molecule has 0 aliphatic carbocycles. The molecule has 1 fully saturated rings. The summed E-state index contributed by atoms with van der Waals surface area (Å²) in [5, 5.41) is 4.06. The van der Waals surface area contributed by atoms with Crippen molar-refractivity contribution < 1.29 is 4.52 Å². The van der Waals surface area contributed by atoms with Crippen LogP contribution in [0.3, 0.4) is 0 Å². The Kier molecular flexibility index (Phi) is 3.81. The van der Waals surface area contributed by atoms with E-state index in [9.17, 15) is 0 Å². The zero-order chi connectivity index (χ0) is 13.2. The van der Waals surface area contributed by atoms with Gasteiger partial charge in [0.2, 0.25) is 11.7 Å². The number of hydrogen-bond donors (Lipinski definition) is 1. The van der Waals surface area contributed by atoms with Gasteiger partial charge in [-0.05, 0) is 30.5 Å². The lowest BCUT2D eigenvalue weighted by Crippen LogP contribution is -2.26. The van der Waals surface area contributed by atoms with Crippen LogP contribution in [0, 0.1) is 0 Å². The van der Waals surface area contributed by atoms with Crippen LogP contribution in [0.15, 0.2) is 33.7 Å². The van der Waals surface area contributed by atoms with E-state index in [1.54, 1.807) is 11.8 Å². The lowest BCUT2D eigenvalue weighted by molar-refractivity contribution is 0.352. The molecule has 4 nitrogen and oxygen atoms in total. The van der Waals surface area contributed by atoms with Crippen molar-refractivity contribution in [2.75, 3.05) is 17.8 Å². The van der Waals surface area contributed by atoms with Crippen molar-refractivity contribution in [1.29, 1.82) is 0 Å². The standard InChI is InChI=1S/C13H15N3OS2/c1-18-9-4-2-8(3-5-9)12-15-13(17-16-12)10-6-19-7-11(10)14/h2-5,10-11H,6-7,14H2,1H3. The molecule has 2 N–H and O–H groups in total. The minimum atomic E-state index is 0.122. The average Bonchev–Trinajstić information content (AvgIpc) is 3.07. The quantitative estimate of drug-likeness (QED) is 0.878. The lowest BCUT2D eigenvalue weighted by Gasteiger charge is -2.07. The predicted molar refractivity (Wildman–Crippen MR) is 79.6 cm³/mol. The van der Waals surface area contributed by atoms with E-state index < -0.39 is 0 Å². The third-order valence-electron chi connectivity index (χ3n) is 3.23. The van der Waals surface area contributed by atoms with Gasteiger partial charge in [0.1, 0.15) is 0 Å². The molecule has 2 unspecified atom stereocenters.